The Morgan fingerprint density at radius 2 is 1.64 bits per heavy atom. The van der Waals surface area contributed by atoms with Gasteiger partial charge in [-0.3, -0.25) is 0 Å². The van der Waals surface area contributed by atoms with Gasteiger partial charge in [0.15, 0.2) is 0 Å². The first-order chi connectivity index (χ1) is 12.2. The molecule has 0 amide bonds. The molecule has 0 saturated heterocycles. The minimum Gasteiger partial charge on any atom is -0.434 e. The first-order valence-corrected chi connectivity index (χ1v) is 9.23. The SMILES string of the molecule is CCCc1cccc(OC(=O)OCCCc2ccccc2)c1CCC. The molecule has 0 spiro atoms. The first-order valence-electron chi connectivity index (χ1n) is 9.23. The lowest BCUT2D eigenvalue weighted by Gasteiger charge is -2.14. The Morgan fingerprint density at radius 1 is 0.880 bits per heavy atom. The molecule has 2 rings (SSSR count). The van der Waals surface area contributed by atoms with Gasteiger partial charge in [0.25, 0.3) is 0 Å². The summed E-state index contributed by atoms with van der Waals surface area (Å²) < 4.78 is 10.7. The lowest BCUT2D eigenvalue weighted by Crippen LogP contribution is -2.13. The molecule has 0 aliphatic heterocycles. The van der Waals surface area contributed by atoms with Gasteiger partial charge in [0.1, 0.15) is 5.75 Å². The molecule has 0 atom stereocenters. The van der Waals surface area contributed by atoms with E-state index in [0.29, 0.717) is 12.4 Å². The van der Waals surface area contributed by atoms with Gasteiger partial charge in [-0.1, -0.05) is 69.2 Å². The van der Waals surface area contributed by atoms with Crippen LogP contribution < -0.4 is 4.74 Å². The lowest BCUT2D eigenvalue weighted by atomic mass is 9.99. The molecule has 0 aliphatic rings. The summed E-state index contributed by atoms with van der Waals surface area (Å²) in [5.74, 6) is 0.640. The van der Waals surface area contributed by atoms with Crippen molar-refractivity contribution in [2.24, 2.45) is 0 Å². The second-order valence-electron chi connectivity index (χ2n) is 6.18. The van der Waals surface area contributed by atoms with E-state index in [0.717, 1.165) is 44.1 Å². The molecule has 0 aromatic heterocycles. The third-order valence-electron chi connectivity index (χ3n) is 4.12. The highest BCUT2D eigenvalue weighted by molar-refractivity contribution is 5.65. The van der Waals surface area contributed by atoms with Gasteiger partial charge in [0, 0.05) is 0 Å². The van der Waals surface area contributed by atoms with Crippen molar-refractivity contribution in [3.05, 3.63) is 65.2 Å². The van der Waals surface area contributed by atoms with E-state index >= 15 is 0 Å². The van der Waals surface area contributed by atoms with Crippen LogP contribution >= 0.6 is 0 Å². The van der Waals surface area contributed by atoms with Gasteiger partial charge in [0.05, 0.1) is 6.61 Å². The van der Waals surface area contributed by atoms with E-state index in [1.165, 1.54) is 11.1 Å². The van der Waals surface area contributed by atoms with E-state index < -0.39 is 6.16 Å². The number of carbonyl (C=O) groups excluding carboxylic acids is 1. The van der Waals surface area contributed by atoms with E-state index in [2.05, 4.69) is 32.0 Å². The largest absolute Gasteiger partial charge is 0.513 e. The normalized spacial score (nSPS) is 10.5. The van der Waals surface area contributed by atoms with Crippen molar-refractivity contribution in [2.45, 2.75) is 52.4 Å². The van der Waals surface area contributed by atoms with Crippen LogP contribution in [0.3, 0.4) is 0 Å². The Kier molecular flexibility index (Phi) is 8.03. The molecule has 0 N–H and O–H groups in total. The number of aryl methyl sites for hydroxylation is 2. The van der Waals surface area contributed by atoms with Crippen LogP contribution in [0.15, 0.2) is 48.5 Å². The van der Waals surface area contributed by atoms with Crippen molar-refractivity contribution in [3.63, 3.8) is 0 Å². The highest BCUT2D eigenvalue weighted by Crippen LogP contribution is 2.25. The predicted octanol–water partition coefficient (Wildman–Crippen LogP) is 5.74. The Labute approximate surface area is 151 Å². The average Bonchev–Trinajstić information content (AvgIpc) is 2.62. The quantitative estimate of drug-likeness (QED) is 0.332. The summed E-state index contributed by atoms with van der Waals surface area (Å²) in [7, 11) is 0. The maximum atomic E-state index is 12.0. The van der Waals surface area contributed by atoms with Gasteiger partial charge in [0.2, 0.25) is 0 Å². The minimum absolute atomic E-state index is 0.367. The lowest BCUT2D eigenvalue weighted by molar-refractivity contribution is 0.0977. The van der Waals surface area contributed by atoms with Crippen LogP contribution in [0.5, 0.6) is 5.75 Å². The highest BCUT2D eigenvalue weighted by atomic mass is 16.7. The summed E-state index contributed by atoms with van der Waals surface area (Å²) in [4.78, 5) is 12.0. The average molecular weight is 340 g/mol. The zero-order chi connectivity index (χ0) is 17.9. The van der Waals surface area contributed by atoms with Crippen molar-refractivity contribution < 1.29 is 14.3 Å². The monoisotopic (exact) mass is 340 g/mol. The molecular formula is C22H28O3. The molecule has 2 aromatic carbocycles. The minimum atomic E-state index is -0.612. The molecule has 134 valence electrons. The summed E-state index contributed by atoms with van der Waals surface area (Å²) in [6.07, 6.45) is 5.07. The number of hydrogen-bond acceptors (Lipinski definition) is 3. The molecule has 2 aromatic rings. The fourth-order valence-corrected chi connectivity index (χ4v) is 2.94. The van der Waals surface area contributed by atoms with Gasteiger partial charge in [-0.25, -0.2) is 4.79 Å². The second kappa shape index (κ2) is 10.5. The molecular weight excluding hydrogens is 312 g/mol. The van der Waals surface area contributed by atoms with Crippen molar-refractivity contribution >= 4 is 6.16 Å². The molecule has 0 heterocycles. The van der Waals surface area contributed by atoms with Crippen LogP contribution in [-0.4, -0.2) is 12.8 Å². The van der Waals surface area contributed by atoms with Gasteiger partial charge >= 0.3 is 6.16 Å². The summed E-state index contributed by atoms with van der Waals surface area (Å²) in [6.45, 7) is 4.66. The Balaban J connectivity index is 1.86. The fourth-order valence-electron chi connectivity index (χ4n) is 2.94. The third kappa shape index (κ3) is 6.26. The number of rotatable bonds is 9. The van der Waals surface area contributed by atoms with Crippen LogP contribution in [0, 0.1) is 0 Å². The summed E-state index contributed by atoms with van der Waals surface area (Å²) >= 11 is 0. The molecule has 0 aliphatic carbocycles. The number of carbonyl (C=O) groups is 1. The number of benzene rings is 2. The molecule has 3 heteroatoms. The topological polar surface area (TPSA) is 35.5 Å². The van der Waals surface area contributed by atoms with E-state index in [-0.39, 0.29) is 0 Å². The van der Waals surface area contributed by atoms with E-state index in [1.54, 1.807) is 0 Å². The van der Waals surface area contributed by atoms with Crippen molar-refractivity contribution in [1.82, 2.24) is 0 Å². The molecule has 0 unspecified atom stereocenters. The van der Waals surface area contributed by atoms with Crippen molar-refractivity contribution in [2.75, 3.05) is 6.61 Å². The van der Waals surface area contributed by atoms with Gasteiger partial charge < -0.3 is 9.47 Å². The number of hydrogen-bond donors (Lipinski definition) is 0. The van der Waals surface area contributed by atoms with Crippen LogP contribution in [0.25, 0.3) is 0 Å². The second-order valence-corrected chi connectivity index (χ2v) is 6.18. The van der Waals surface area contributed by atoms with Crippen molar-refractivity contribution in [3.8, 4) is 5.75 Å². The summed E-state index contributed by atoms with van der Waals surface area (Å²) in [5, 5.41) is 0. The van der Waals surface area contributed by atoms with Crippen molar-refractivity contribution in [1.29, 1.82) is 0 Å². The summed E-state index contributed by atoms with van der Waals surface area (Å²) in [6, 6.07) is 16.1. The molecule has 3 nitrogen and oxygen atoms in total. The van der Waals surface area contributed by atoms with Crippen LogP contribution in [0.4, 0.5) is 4.79 Å². The highest BCUT2D eigenvalue weighted by Gasteiger charge is 2.13. The standard InChI is InChI=1S/C22H28O3/c1-3-10-19-15-8-16-21(20(19)11-4-2)25-22(23)24-17-9-14-18-12-6-5-7-13-18/h5-8,12-13,15-16H,3-4,9-11,14,17H2,1-2H3. The predicted molar refractivity (Wildman–Crippen MR) is 101 cm³/mol. The molecule has 25 heavy (non-hydrogen) atoms. The van der Waals surface area contributed by atoms with E-state index in [9.17, 15) is 4.79 Å². The van der Waals surface area contributed by atoms with Gasteiger partial charge in [-0.2, -0.15) is 0 Å². The maximum absolute atomic E-state index is 12.0. The number of ether oxygens (including phenoxy) is 2. The fraction of sp³-hybridized carbons (Fsp3) is 0.409. The van der Waals surface area contributed by atoms with Gasteiger partial charge in [-0.15, -0.1) is 0 Å². The zero-order valence-corrected chi connectivity index (χ0v) is 15.3. The van der Waals surface area contributed by atoms with Gasteiger partial charge in [-0.05, 0) is 48.4 Å². The smallest absolute Gasteiger partial charge is 0.434 e. The zero-order valence-electron chi connectivity index (χ0n) is 15.3. The molecule has 0 saturated carbocycles. The van der Waals surface area contributed by atoms with E-state index in [4.69, 9.17) is 9.47 Å². The Morgan fingerprint density at radius 3 is 2.36 bits per heavy atom. The molecule has 0 fully saturated rings. The molecule has 0 bridgehead atoms. The Bertz CT molecular complexity index is 650. The first kappa shape index (κ1) is 19.0. The molecule has 0 radical (unpaired) electrons. The Hall–Kier alpha value is -2.29. The maximum Gasteiger partial charge on any atom is 0.513 e. The van der Waals surface area contributed by atoms with E-state index in [1.807, 2.05) is 30.3 Å². The summed E-state index contributed by atoms with van der Waals surface area (Å²) in [5.41, 5.74) is 3.64. The third-order valence-corrected chi connectivity index (χ3v) is 4.12. The van der Waals surface area contributed by atoms with Crippen LogP contribution in [-0.2, 0) is 24.0 Å². The van der Waals surface area contributed by atoms with Crippen LogP contribution in [0.1, 0.15) is 49.8 Å². The van der Waals surface area contributed by atoms with Crippen LogP contribution in [0.2, 0.25) is 0 Å².